The molecule has 1 aromatic heterocycles. The summed E-state index contributed by atoms with van der Waals surface area (Å²) in [7, 11) is 1.23. The zero-order chi connectivity index (χ0) is 15.6. The van der Waals surface area contributed by atoms with Gasteiger partial charge in [0.1, 0.15) is 5.82 Å². The first kappa shape index (κ1) is 15.4. The smallest absolute Gasteiger partial charge is 0.340 e. The number of rotatable bonds is 4. The molecule has 0 radical (unpaired) electrons. The van der Waals surface area contributed by atoms with Crippen molar-refractivity contribution in [2.75, 3.05) is 12.4 Å². The normalized spacial score (nSPS) is 12.0. The molecule has 1 aromatic carbocycles. The van der Waals surface area contributed by atoms with Gasteiger partial charge in [-0.15, -0.1) is 11.3 Å². The van der Waals surface area contributed by atoms with Crippen molar-refractivity contribution < 1.29 is 13.9 Å². The quantitative estimate of drug-likeness (QED) is 0.871. The summed E-state index contributed by atoms with van der Waals surface area (Å²) in [5.41, 5.74) is 1.52. The zero-order valence-corrected chi connectivity index (χ0v) is 13.2. The number of halogens is 1. The van der Waals surface area contributed by atoms with E-state index >= 15 is 0 Å². The number of benzene rings is 1. The number of thiazole rings is 1. The maximum absolute atomic E-state index is 13.6. The fourth-order valence-corrected chi connectivity index (χ4v) is 3.06. The van der Waals surface area contributed by atoms with Gasteiger partial charge in [0.2, 0.25) is 0 Å². The number of hydrogen-bond donors (Lipinski definition) is 1. The van der Waals surface area contributed by atoms with Gasteiger partial charge in [-0.2, -0.15) is 0 Å². The third-order valence-electron chi connectivity index (χ3n) is 3.10. The molecule has 0 saturated heterocycles. The van der Waals surface area contributed by atoms with Gasteiger partial charge in [-0.1, -0.05) is 0 Å². The molecule has 6 heteroatoms. The van der Waals surface area contributed by atoms with Crippen LogP contribution in [0, 0.1) is 19.7 Å². The number of methoxy groups -OCH3 is 1. The number of nitrogens with one attached hydrogen (secondary N) is 1. The van der Waals surface area contributed by atoms with E-state index in [9.17, 15) is 9.18 Å². The van der Waals surface area contributed by atoms with E-state index in [0.29, 0.717) is 5.69 Å². The van der Waals surface area contributed by atoms with Crippen molar-refractivity contribution in [1.82, 2.24) is 4.98 Å². The van der Waals surface area contributed by atoms with Crippen LogP contribution in [0.1, 0.15) is 38.9 Å². The maximum atomic E-state index is 13.6. The van der Waals surface area contributed by atoms with Crippen LogP contribution in [0.2, 0.25) is 0 Å². The van der Waals surface area contributed by atoms with Gasteiger partial charge < -0.3 is 10.1 Å². The van der Waals surface area contributed by atoms with Gasteiger partial charge in [0.25, 0.3) is 0 Å². The lowest BCUT2D eigenvalue weighted by Crippen LogP contribution is -2.10. The number of aryl methyl sites for hydroxylation is 2. The second kappa shape index (κ2) is 6.22. The van der Waals surface area contributed by atoms with Crippen molar-refractivity contribution in [2.45, 2.75) is 26.8 Å². The van der Waals surface area contributed by atoms with Crippen LogP contribution in [0.4, 0.5) is 10.1 Å². The molecule has 0 aliphatic carbocycles. The maximum Gasteiger partial charge on any atom is 0.340 e. The van der Waals surface area contributed by atoms with Gasteiger partial charge in [-0.05, 0) is 39.0 Å². The Morgan fingerprint density at radius 1 is 1.43 bits per heavy atom. The van der Waals surface area contributed by atoms with E-state index in [1.807, 2.05) is 20.8 Å². The Morgan fingerprint density at radius 2 is 2.14 bits per heavy atom. The predicted molar refractivity (Wildman–Crippen MR) is 81.4 cm³/mol. The predicted octanol–water partition coefficient (Wildman–Crippen LogP) is 3.86. The van der Waals surface area contributed by atoms with Crippen LogP contribution in [-0.2, 0) is 4.74 Å². The molecule has 2 rings (SSSR count). The molecule has 1 atom stereocenters. The lowest BCUT2D eigenvalue weighted by molar-refractivity contribution is 0.0595. The van der Waals surface area contributed by atoms with E-state index in [1.165, 1.54) is 19.2 Å². The number of hydrogen-bond acceptors (Lipinski definition) is 5. The van der Waals surface area contributed by atoms with Crippen LogP contribution in [0.3, 0.4) is 0 Å². The Bertz CT molecular complexity index is 670. The van der Waals surface area contributed by atoms with Gasteiger partial charge in [-0.3, -0.25) is 0 Å². The lowest BCUT2D eigenvalue weighted by atomic mass is 10.1. The van der Waals surface area contributed by atoms with Gasteiger partial charge in [0, 0.05) is 10.6 Å². The van der Waals surface area contributed by atoms with E-state index in [0.717, 1.165) is 15.6 Å². The topological polar surface area (TPSA) is 51.2 Å². The fraction of sp³-hybridized carbons (Fsp3) is 0.333. The van der Waals surface area contributed by atoms with E-state index in [4.69, 9.17) is 0 Å². The zero-order valence-electron chi connectivity index (χ0n) is 12.4. The minimum Gasteiger partial charge on any atom is -0.465 e. The molecule has 21 heavy (non-hydrogen) atoms. The fourth-order valence-electron chi connectivity index (χ4n) is 2.15. The summed E-state index contributed by atoms with van der Waals surface area (Å²) >= 11 is 1.64. The molecule has 112 valence electrons. The molecule has 0 fully saturated rings. The highest BCUT2D eigenvalue weighted by atomic mass is 32.1. The van der Waals surface area contributed by atoms with Gasteiger partial charge in [0.05, 0.1) is 29.4 Å². The number of anilines is 1. The van der Waals surface area contributed by atoms with Crippen LogP contribution in [0.5, 0.6) is 0 Å². The second-order valence-corrected chi connectivity index (χ2v) is 6.13. The molecule has 0 bridgehead atoms. The largest absolute Gasteiger partial charge is 0.465 e. The van der Waals surface area contributed by atoms with Crippen LogP contribution >= 0.6 is 11.3 Å². The Hall–Kier alpha value is -1.95. The molecule has 0 aliphatic heterocycles. The molecule has 1 heterocycles. The number of carbonyl (C=O) groups excluding carboxylic acids is 1. The molecular weight excluding hydrogens is 291 g/mol. The number of ether oxygens (including phenoxy) is 1. The molecule has 0 spiro atoms. The number of carbonyl (C=O) groups is 1. The standard InChI is InChI=1S/C15H17FN2O2S/c1-8(14-9(2)21-10(3)18-14)17-11-5-6-13(16)12(7-11)15(19)20-4/h5-8,17H,1-4H3. The van der Waals surface area contributed by atoms with Crippen molar-refractivity contribution in [1.29, 1.82) is 0 Å². The molecule has 0 saturated carbocycles. The first-order valence-electron chi connectivity index (χ1n) is 6.50. The summed E-state index contributed by atoms with van der Waals surface area (Å²) in [5.74, 6) is -1.29. The van der Waals surface area contributed by atoms with Crippen LogP contribution in [-0.4, -0.2) is 18.1 Å². The monoisotopic (exact) mass is 308 g/mol. The second-order valence-electron chi connectivity index (χ2n) is 4.73. The van der Waals surface area contributed by atoms with Crippen LogP contribution in [0.25, 0.3) is 0 Å². The Balaban J connectivity index is 2.23. The highest BCUT2D eigenvalue weighted by Crippen LogP contribution is 2.26. The summed E-state index contributed by atoms with van der Waals surface area (Å²) in [6.45, 7) is 5.95. The molecule has 2 aromatic rings. The summed E-state index contributed by atoms with van der Waals surface area (Å²) in [4.78, 5) is 17.1. The van der Waals surface area contributed by atoms with Crippen LogP contribution < -0.4 is 5.32 Å². The van der Waals surface area contributed by atoms with E-state index in [2.05, 4.69) is 15.0 Å². The number of esters is 1. The Kier molecular flexibility index (Phi) is 4.57. The number of aromatic nitrogens is 1. The van der Waals surface area contributed by atoms with Crippen molar-refractivity contribution in [3.05, 3.63) is 45.2 Å². The van der Waals surface area contributed by atoms with E-state index in [-0.39, 0.29) is 11.6 Å². The summed E-state index contributed by atoms with van der Waals surface area (Å²) < 4.78 is 18.2. The first-order valence-corrected chi connectivity index (χ1v) is 7.32. The highest BCUT2D eigenvalue weighted by molar-refractivity contribution is 7.11. The Labute approximate surface area is 127 Å². The lowest BCUT2D eigenvalue weighted by Gasteiger charge is -2.15. The Morgan fingerprint density at radius 3 is 2.71 bits per heavy atom. The average Bonchev–Trinajstić information content (AvgIpc) is 2.79. The molecule has 4 nitrogen and oxygen atoms in total. The molecule has 0 aliphatic rings. The molecular formula is C15H17FN2O2S. The van der Waals surface area contributed by atoms with E-state index < -0.39 is 11.8 Å². The summed E-state index contributed by atoms with van der Waals surface area (Å²) in [5, 5.41) is 4.23. The third-order valence-corrected chi connectivity index (χ3v) is 4.01. The molecule has 0 amide bonds. The van der Waals surface area contributed by atoms with Gasteiger partial charge in [0.15, 0.2) is 0 Å². The van der Waals surface area contributed by atoms with Crippen molar-refractivity contribution in [3.63, 3.8) is 0 Å². The minimum absolute atomic E-state index is 0.0362. The summed E-state index contributed by atoms with van der Waals surface area (Å²) in [6.07, 6.45) is 0. The van der Waals surface area contributed by atoms with E-state index in [1.54, 1.807) is 17.4 Å². The highest BCUT2D eigenvalue weighted by Gasteiger charge is 2.16. The van der Waals surface area contributed by atoms with Crippen molar-refractivity contribution >= 4 is 23.0 Å². The SMILES string of the molecule is COC(=O)c1cc(NC(C)c2nc(C)sc2C)ccc1F. The van der Waals surface area contributed by atoms with Gasteiger partial charge >= 0.3 is 5.97 Å². The van der Waals surface area contributed by atoms with Crippen molar-refractivity contribution in [3.8, 4) is 0 Å². The average molecular weight is 308 g/mol. The summed E-state index contributed by atoms with van der Waals surface area (Å²) in [6, 6.07) is 4.25. The van der Waals surface area contributed by atoms with Crippen molar-refractivity contribution in [2.24, 2.45) is 0 Å². The third kappa shape index (κ3) is 3.39. The van der Waals surface area contributed by atoms with Gasteiger partial charge in [-0.25, -0.2) is 14.2 Å². The first-order chi connectivity index (χ1) is 9.92. The number of nitrogens with zero attached hydrogens (tertiary/aromatic N) is 1. The van der Waals surface area contributed by atoms with Crippen LogP contribution in [0.15, 0.2) is 18.2 Å². The molecule has 1 unspecified atom stereocenters. The minimum atomic E-state index is -0.690. The molecule has 1 N–H and O–H groups in total.